The van der Waals surface area contributed by atoms with Gasteiger partial charge in [-0.2, -0.15) is 0 Å². The van der Waals surface area contributed by atoms with E-state index in [2.05, 4.69) is 31.3 Å². The molecule has 4 aromatic rings. The van der Waals surface area contributed by atoms with Crippen molar-refractivity contribution in [2.45, 2.75) is 52.6 Å². The first kappa shape index (κ1) is 23.7. The first-order chi connectivity index (χ1) is 16.4. The zero-order valence-electron chi connectivity index (χ0n) is 20.3. The quantitative estimate of drug-likeness (QED) is 0.335. The molecule has 3 N–H and O–H groups in total. The SMILES string of the molecule is CC[C@H](C)c1ccc(-n2c(N)c(C(=O)NCCCOC(C)C)c3nc4ccccc4nc32)cc1. The van der Waals surface area contributed by atoms with Gasteiger partial charge in [-0.05, 0) is 62.4 Å². The molecule has 34 heavy (non-hydrogen) atoms. The highest BCUT2D eigenvalue weighted by Crippen LogP contribution is 2.31. The molecule has 1 atom stereocenters. The number of para-hydroxylation sites is 2. The maximum absolute atomic E-state index is 13.2. The van der Waals surface area contributed by atoms with Gasteiger partial charge in [-0.1, -0.05) is 38.1 Å². The Bertz CT molecular complexity index is 1290. The molecule has 0 bridgehead atoms. The van der Waals surface area contributed by atoms with Crippen molar-refractivity contribution in [3.05, 3.63) is 59.7 Å². The minimum atomic E-state index is -0.258. The standard InChI is InChI=1S/C27H33N5O2/c1-5-18(4)19-11-13-20(14-12-19)32-25(28)23(27(33)29-15-8-16-34-17(2)3)24-26(32)31-22-10-7-6-9-21(22)30-24/h6-7,9-14,17-18H,5,8,15-16,28H2,1-4H3,(H,29,33)/t18-/m0/s1. The smallest absolute Gasteiger partial charge is 0.257 e. The number of carbonyl (C=O) groups is 1. The van der Waals surface area contributed by atoms with Crippen LogP contribution in [0.2, 0.25) is 0 Å². The summed E-state index contributed by atoms with van der Waals surface area (Å²) in [6.45, 7) is 9.45. The average molecular weight is 460 g/mol. The summed E-state index contributed by atoms with van der Waals surface area (Å²) in [5, 5.41) is 2.97. The van der Waals surface area contributed by atoms with Gasteiger partial charge in [0.05, 0.1) is 17.1 Å². The van der Waals surface area contributed by atoms with Gasteiger partial charge in [0, 0.05) is 18.8 Å². The molecule has 1 amide bonds. The number of carbonyl (C=O) groups excluding carboxylic acids is 1. The zero-order chi connectivity index (χ0) is 24.2. The minimum Gasteiger partial charge on any atom is -0.384 e. The van der Waals surface area contributed by atoms with Crippen LogP contribution in [-0.2, 0) is 4.74 Å². The summed E-state index contributed by atoms with van der Waals surface area (Å²) in [5.74, 6) is 0.543. The fourth-order valence-electron chi connectivity index (χ4n) is 4.02. The molecule has 0 saturated heterocycles. The molecule has 2 heterocycles. The molecule has 0 saturated carbocycles. The van der Waals surface area contributed by atoms with Gasteiger partial charge in [0.15, 0.2) is 5.65 Å². The zero-order valence-corrected chi connectivity index (χ0v) is 20.3. The second kappa shape index (κ2) is 10.2. The number of nitrogens with zero attached hydrogens (tertiary/aromatic N) is 3. The number of hydrogen-bond acceptors (Lipinski definition) is 5. The molecular formula is C27H33N5O2. The molecule has 2 aromatic carbocycles. The van der Waals surface area contributed by atoms with Crippen molar-refractivity contribution < 1.29 is 9.53 Å². The van der Waals surface area contributed by atoms with Crippen LogP contribution >= 0.6 is 0 Å². The number of ether oxygens (including phenoxy) is 1. The van der Waals surface area contributed by atoms with Gasteiger partial charge >= 0.3 is 0 Å². The van der Waals surface area contributed by atoms with Crippen LogP contribution in [0.4, 0.5) is 5.82 Å². The van der Waals surface area contributed by atoms with Crippen LogP contribution in [0, 0.1) is 0 Å². The van der Waals surface area contributed by atoms with Crippen LogP contribution in [0.15, 0.2) is 48.5 Å². The molecule has 0 aliphatic rings. The topological polar surface area (TPSA) is 95.1 Å². The molecular weight excluding hydrogens is 426 g/mol. The maximum atomic E-state index is 13.2. The number of nitrogen functional groups attached to an aromatic ring is 1. The second-order valence-electron chi connectivity index (χ2n) is 8.91. The molecule has 0 radical (unpaired) electrons. The number of amides is 1. The summed E-state index contributed by atoms with van der Waals surface area (Å²) < 4.78 is 7.39. The average Bonchev–Trinajstić information content (AvgIpc) is 3.12. The van der Waals surface area contributed by atoms with Crippen LogP contribution < -0.4 is 11.1 Å². The number of anilines is 1. The summed E-state index contributed by atoms with van der Waals surface area (Å²) in [5.41, 5.74) is 11.6. The third-order valence-electron chi connectivity index (χ3n) is 6.12. The number of fused-ring (bicyclic) bond motifs is 2. The third kappa shape index (κ3) is 4.75. The molecule has 2 aromatic heterocycles. The van der Waals surface area contributed by atoms with Gasteiger partial charge in [0.2, 0.25) is 0 Å². The van der Waals surface area contributed by atoms with Crippen LogP contribution in [0.3, 0.4) is 0 Å². The van der Waals surface area contributed by atoms with Crippen molar-refractivity contribution in [3.63, 3.8) is 0 Å². The van der Waals surface area contributed by atoms with Crippen molar-refractivity contribution in [1.29, 1.82) is 0 Å². The summed E-state index contributed by atoms with van der Waals surface area (Å²) in [6.07, 6.45) is 1.95. The van der Waals surface area contributed by atoms with E-state index in [-0.39, 0.29) is 12.0 Å². The Labute approximate surface area is 200 Å². The van der Waals surface area contributed by atoms with Crippen molar-refractivity contribution in [3.8, 4) is 5.69 Å². The number of rotatable bonds is 9. The Kier molecular flexibility index (Phi) is 7.12. The fraction of sp³-hybridized carbons (Fsp3) is 0.370. The van der Waals surface area contributed by atoms with Crippen molar-refractivity contribution >= 4 is 33.9 Å². The number of hydrogen-bond donors (Lipinski definition) is 2. The van der Waals surface area contributed by atoms with E-state index in [9.17, 15) is 4.79 Å². The Morgan fingerprint density at radius 2 is 1.74 bits per heavy atom. The number of nitrogens with one attached hydrogen (secondary N) is 1. The predicted octanol–water partition coefficient (Wildman–Crippen LogP) is 5.21. The van der Waals surface area contributed by atoms with Gasteiger partial charge < -0.3 is 15.8 Å². The number of nitrogens with two attached hydrogens (primary N) is 1. The van der Waals surface area contributed by atoms with Gasteiger partial charge in [-0.25, -0.2) is 9.97 Å². The lowest BCUT2D eigenvalue weighted by atomic mass is 9.99. The summed E-state index contributed by atoms with van der Waals surface area (Å²) >= 11 is 0. The largest absolute Gasteiger partial charge is 0.384 e. The first-order valence-electron chi connectivity index (χ1n) is 12.0. The van der Waals surface area contributed by atoms with Gasteiger partial charge in [0.1, 0.15) is 16.9 Å². The summed E-state index contributed by atoms with van der Waals surface area (Å²) in [6, 6.07) is 15.9. The van der Waals surface area contributed by atoms with Crippen LogP contribution in [0.25, 0.3) is 27.9 Å². The Balaban J connectivity index is 1.76. The van der Waals surface area contributed by atoms with Gasteiger partial charge in [0.25, 0.3) is 5.91 Å². The van der Waals surface area contributed by atoms with Crippen molar-refractivity contribution in [1.82, 2.24) is 19.9 Å². The highest BCUT2D eigenvalue weighted by atomic mass is 16.5. The van der Waals surface area contributed by atoms with Gasteiger partial charge in [-0.3, -0.25) is 9.36 Å². The molecule has 7 nitrogen and oxygen atoms in total. The lowest BCUT2D eigenvalue weighted by Gasteiger charge is -2.12. The highest BCUT2D eigenvalue weighted by Gasteiger charge is 2.24. The molecule has 0 unspecified atom stereocenters. The van der Waals surface area contributed by atoms with E-state index in [4.69, 9.17) is 20.4 Å². The lowest BCUT2D eigenvalue weighted by molar-refractivity contribution is 0.0757. The lowest BCUT2D eigenvalue weighted by Crippen LogP contribution is -2.26. The summed E-state index contributed by atoms with van der Waals surface area (Å²) in [7, 11) is 0. The molecule has 0 spiro atoms. The van der Waals surface area contributed by atoms with E-state index >= 15 is 0 Å². The van der Waals surface area contributed by atoms with E-state index in [1.165, 1.54) is 5.56 Å². The molecule has 7 heteroatoms. The summed E-state index contributed by atoms with van der Waals surface area (Å²) in [4.78, 5) is 22.9. The fourth-order valence-corrected chi connectivity index (χ4v) is 4.02. The highest BCUT2D eigenvalue weighted by molar-refractivity contribution is 6.11. The molecule has 0 aliphatic heterocycles. The Hall–Kier alpha value is -3.45. The molecule has 0 fully saturated rings. The van der Waals surface area contributed by atoms with Gasteiger partial charge in [-0.15, -0.1) is 0 Å². The minimum absolute atomic E-state index is 0.166. The van der Waals surface area contributed by atoms with Crippen LogP contribution in [0.1, 0.15) is 62.4 Å². The van der Waals surface area contributed by atoms with E-state index in [1.807, 2.05) is 54.8 Å². The van der Waals surface area contributed by atoms with Crippen molar-refractivity contribution in [2.24, 2.45) is 0 Å². The molecule has 4 rings (SSSR count). The number of aromatic nitrogens is 3. The molecule has 178 valence electrons. The van der Waals surface area contributed by atoms with Crippen LogP contribution in [0.5, 0.6) is 0 Å². The Morgan fingerprint density at radius 3 is 2.38 bits per heavy atom. The van der Waals surface area contributed by atoms with E-state index in [1.54, 1.807) is 0 Å². The van der Waals surface area contributed by atoms with Crippen LogP contribution in [-0.4, -0.2) is 39.7 Å². The van der Waals surface area contributed by atoms with E-state index in [0.29, 0.717) is 48.0 Å². The normalized spacial score (nSPS) is 12.5. The van der Waals surface area contributed by atoms with E-state index < -0.39 is 0 Å². The first-order valence-corrected chi connectivity index (χ1v) is 12.0. The van der Waals surface area contributed by atoms with Crippen molar-refractivity contribution in [2.75, 3.05) is 18.9 Å². The Morgan fingerprint density at radius 1 is 1.06 bits per heavy atom. The predicted molar refractivity (Wildman–Crippen MR) is 138 cm³/mol. The third-order valence-corrected chi connectivity index (χ3v) is 6.12. The second-order valence-corrected chi connectivity index (χ2v) is 8.91. The number of benzene rings is 2. The monoisotopic (exact) mass is 459 g/mol. The molecule has 0 aliphatic carbocycles. The maximum Gasteiger partial charge on any atom is 0.257 e. The van der Waals surface area contributed by atoms with E-state index in [0.717, 1.165) is 23.1 Å².